The molecule has 1 aromatic carbocycles. The van der Waals surface area contributed by atoms with E-state index in [4.69, 9.17) is 10.5 Å². The summed E-state index contributed by atoms with van der Waals surface area (Å²) in [5.74, 6) is 0.852. The van der Waals surface area contributed by atoms with Gasteiger partial charge in [0.05, 0.1) is 28.6 Å². The van der Waals surface area contributed by atoms with E-state index in [1.54, 1.807) is 30.6 Å². The van der Waals surface area contributed by atoms with E-state index in [0.717, 1.165) is 31.1 Å². The van der Waals surface area contributed by atoms with Crippen molar-refractivity contribution in [3.8, 4) is 11.6 Å². The monoisotopic (exact) mass is 500 g/mol. The highest BCUT2D eigenvalue weighted by molar-refractivity contribution is 7.21. The summed E-state index contributed by atoms with van der Waals surface area (Å²) >= 11 is 1.26. The number of nitrogens with one attached hydrogen (secondary N) is 2. The topological polar surface area (TPSA) is 122 Å². The van der Waals surface area contributed by atoms with E-state index in [1.807, 2.05) is 30.3 Å². The van der Waals surface area contributed by atoms with Crippen LogP contribution in [0.15, 0.2) is 60.9 Å². The highest BCUT2D eigenvalue weighted by Gasteiger charge is 2.34. The summed E-state index contributed by atoms with van der Waals surface area (Å²) in [6.07, 6.45) is 7.09. The molecule has 1 saturated carbocycles. The fourth-order valence-corrected chi connectivity index (χ4v) is 5.77. The predicted octanol–water partition coefficient (Wildman–Crippen LogP) is 5.17. The molecule has 9 nitrogen and oxygen atoms in total. The molecule has 36 heavy (non-hydrogen) atoms. The van der Waals surface area contributed by atoms with Gasteiger partial charge >= 0.3 is 6.03 Å². The first-order valence-electron chi connectivity index (χ1n) is 11.9. The van der Waals surface area contributed by atoms with Crippen molar-refractivity contribution in [1.82, 2.24) is 15.3 Å². The number of hydrogen-bond donors (Lipinski definition) is 3. The minimum absolute atomic E-state index is 0.0615. The Kier molecular flexibility index (Phi) is 5.74. The molecule has 0 bridgehead atoms. The molecule has 3 amide bonds. The molecule has 0 radical (unpaired) electrons. The average molecular weight is 501 g/mol. The quantitative estimate of drug-likeness (QED) is 0.348. The maximum Gasteiger partial charge on any atom is 0.331 e. The fraction of sp³-hybridized carbons (Fsp3) is 0.231. The van der Waals surface area contributed by atoms with Crippen molar-refractivity contribution in [3.05, 3.63) is 65.8 Å². The molecule has 10 heteroatoms. The van der Waals surface area contributed by atoms with Crippen LogP contribution in [0.1, 0.15) is 35.4 Å². The highest BCUT2D eigenvalue weighted by Crippen LogP contribution is 2.45. The number of rotatable bonds is 5. The van der Waals surface area contributed by atoms with Gasteiger partial charge in [-0.15, -0.1) is 11.3 Å². The van der Waals surface area contributed by atoms with Gasteiger partial charge in [0.2, 0.25) is 5.88 Å². The number of urea groups is 1. The summed E-state index contributed by atoms with van der Waals surface area (Å²) in [7, 11) is 0. The number of benzene rings is 1. The van der Waals surface area contributed by atoms with Gasteiger partial charge in [0, 0.05) is 24.3 Å². The maximum absolute atomic E-state index is 13.3. The Hall–Kier alpha value is -4.02. The zero-order valence-electron chi connectivity index (χ0n) is 19.3. The second kappa shape index (κ2) is 9.21. The molecule has 6 rings (SSSR count). The van der Waals surface area contributed by atoms with Crippen LogP contribution in [0.3, 0.4) is 0 Å². The lowest BCUT2D eigenvalue weighted by Gasteiger charge is -2.30. The van der Waals surface area contributed by atoms with E-state index >= 15 is 0 Å². The number of carbonyl (C=O) groups excluding carboxylic acids is 2. The lowest BCUT2D eigenvalue weighted by Crippen LogP contribution is -2.49. The van der Waals surface area contributed by atoms with Crippen LogP contribution < -0.4 is 26.0 Å². The molecule has 3 aromatic heterocycles. The van der Waals surface area contributed by atoms with Gasteiger partial charge in [-0.25, -0.2) is 14.8 Å². The fourth-order valence-electron chi connectivity index (χ4n) is 4.75. The summed E-state index contributed by atoms with van der Waals surface area (Å²) in [4.78, 5) is 38.0. The summed E-state index contributed by atoms with van der Waals surface area (Å²) in [6.45, 7) is 0. The summed E-state index contributed by atoms with van der Waals surface area (Å²) in [6, 6.07) is 14.1. The van der Waals surface area contributed by atoms with Crippen molar-refractivity contribution in [2.24, 2.45) is 5.73 Å². The molecule has 0 saturated heterocycles. The Morgan fingerprint density at radius 1 is 1.11 bits per heavy atom. The number of anilines is 3. The second-order valence-electron chi connectivity index (χ2n) is 8.88. The third kappa shape index (κ3) is 4.04. The van der Waals surface area contributed by atoms with Crippen LogP contribution in [0.4, 0.5) is 21.9 Å². The zero-order valence-corrected chi connectivity index (χ0v) is 20.1. The van der Waals surface area contributed by atoms with Crippen molar-refractivity contribution in [2.75, 3.05) is 10.2 Å². The Morgan fingerprint density at radius 3 is 2.72 bits per heavy atom. The summed E-state index contributed by atoms with van der Waals surface area (Å²) in [5, 5.41) is 6.72. The lowest BCUT2D eigenvalue weighted by molar-refractivity contribution is 0.0926. The molecule has 0 unspecified atom stereocenters. The van der Waals surface area contributed by atoms with Crippen LogP contribution in [0.25, 0.3) is 10.2 Å². The normalized spacial score (nSPS) is 19.1. The number of ether oxygens (including phenoxy) is 1. The molecule has 4 N–H and O–H groups in total. The van der Waals surface area contributed by atoms with Gasteiger partial charge in [0.1, 0.15) is 15.5 Å². The Bertz CT molecular complexity index is 1440. The number of nitrogens with two attached hydrogens (primary N) is 1. The Morgan fingerprint density at radius 2 is 1.94 bits per heavy atom. The van der Waals surface area contributed by atoms with Crippen molar-refractivity contribution >= 4 is 50.6 Å². The highest BCUT2D eigenvalue weighted by atomic mass is 32.1. The molecular weight excluding hydrogens is 476 g/mol. The molecule has 1 aliphatic carbocycles. The lowest BCUT2D eigenvalue weighted by atomic mass is 9.91. The Labute approximate surface area is 211 Å². The number of para-hydroxylation sites is 1. The van der Waals surface area contributed by atoms with E-state index in [-0.39, 0.29) is 24.0 Å². The molecule has 4 aromatic rings. The van der Waals surface area contributed by atoms with Gasteiger partial charge in [-0.1, -0.05) is 31.0 Å². The number of thiophene rings is 1. The molecule has 2 atom stereocenters. The molecule has 4 heterocycles. The van der Waals surface area contributed by atoms with Gasteiger partial charge < -0.3 is 21.1 Å². The number of hydrogen-bond acceptors (Lipinski definition) is 7. The van der Waals surface area contributed by atoms with E-state index in [9.17, 15) is 9.59 Å². The zero-order chi connectivity index (χ0) is 24.6. The maximum atomic E-state index is 13.3. The number of amides is 3. The standard InChI is InChI=1S/C26H24N6O3S/c27-17-8-4-5-9-18(17)30-24(33)23-22-21-19(12-13-28-25(21)36-23)32(26(34)31-22)15-10-11-20(29-14-15)35-16-6-2-1-3-7-16/h1-3,6-7,10-14,17-18H,4-5,8-9,27H2,(H,30,33)(H,31,34)/t17-,18+/m0/s1. The summed E-state index contributed by atoms with van der Waals surface area (Å²) < 4.78 is 5.77. The molecular formula is C26H24N6O3S. The van der Waals surface area contributed by atoms with Crippen LogP contribution in [0.5, 0.6) is 11.6 Å². The van der Waals surface area contributed by atoms with Gasteiger partial charge in [0.25, 0.3) is 5.91 Å². The van der Waals surface area contributed by atoms with Gasteiger partial charge in [-0.2, -0.15) is 0 Å². The van der Waals surface area contributed by atoms with Gasteiger partial charge in [-0.05, 0) is 37.1 Å². The summed E-state index contributed by atoms with van der Waals surface area (Å²) in [5.41, 5.74) is 7.92. The van der Waals surface area contributed by atoms with E-state index < -0.39 is 0 Å². The van der Waals surface area contributed by atoms with E-state index in [0.29, 0.717) is 38.4 Å². The third-order valence-corrected chi connectivity index (χ3v) is 7.63. The Balaban J connectivity index is 1.31. The number of nitrogens with zero attached hydrogens (tertiary/aromatic N) is 3. The van der Waals surface area contributed by atoms with Crippen LogP contribution in [0, 0.1) is 0 Å². The van der Waals surface area contributed by atoms with Crippen LogP contribution in [-0.4, -0.2) is 34.0 Å². The largest absolute Gasteiger partial charge is 0.439 e. The molecule has 0 spiro atoms. The minimum Gasteiger partial charge on any atom is -0.439 e. The van der Waals surface area contributed by atoms with Crippen LogP contribution in [0.2, 0.25) is 0 Å². The molecule has 1 aliphatic heterocycles. The van der Waals surface area contributed by atoms with Gasteiger partial charge in [0.15, 0.2) is 0 Å². The molecule has 1 fully saturated rings. The first-order chi connectivity index (χ1) is 17.6. The smallest absolute Gasteiger partial charge is 0.331 e. The van der Waals surface area contributed by atoms with Crippen LogP contribution >= 0.6 is 11.3 Å². The number of pyridine rings is 2. The predicted molar refractivity (Wildman–Crippen MR) is 139 cm³/mol. The van der Waals surface area contributed by atoms with Gasteiger partial charge in [-0.3, -0.25) is 9.69 Å². The van der Waals surface area contributed by atoms with Crippen molar-refractivity contribution in [3.63, 3.8) is 0 Å². The first kappa shape index (κ1) is 22.4. The average Bonchev–Trinajstić information content (AvgIpc) is 3.26. The molecule has 2 aliphatic rings. The number of aromatic nitrogens is 2. The minimum atomic E-state index is -0.379. The van der Waals surface area contributed by atoms with Crippen molar-refractivity contribution in [2.45, 2.75) is 37.8 Å². The number of carbonyl (C=O) groups is 2. The molecule has 182 valence electrons. The third-order valence-electron chi connectivity index (χ3n) is 6.53. The van der Waals surface area contributed by atoms with E-state index in [2.05, 4.69) is 20.6 Å². The van der Waals surface area contributed by atoms with E-state index in [1.165, 1.54) is 16.2 Å². The van der Waals surface area contributed by atoms with Crippen LogP contribution in [-0.2, 0) is 0 Å². The first-order valence-corrected chi connectivity index (χ1v) is 12.7. The van der Waals surface area contributed by atoms with Crippen molar-refractivity contribution in [1.29, 1.82) is 0 Å². The van der Waals surface area contributed by atoms with Crippen molar-refractivity contribution < 1.29 is 14.3 Å². The second-order valence-corrected chi connectivity index (χ2v) is 9.88. The SMILES string of the molecule is N[C@H]1CCCC[C@H]1NC(=O)c1sc2nccc3c2c1NC(=O)N3c1ccc(Oc2ccccc2)nc1.